The van der Waals surface area contributed by atoms with Gasteiger partial charge >= 0.3 is 6.18 Å². The molecule has 0 aromatic heterocycles. The minimum absolute atomic E-state index is 0.138. The van der Waals surface area contributed by atoms with E-state index in [4.69, 9.17) is 0 Å². The van der Waals surface area contributed by atoms with E-state index in [-0.39, 0.29) is 6.04 Å². The van der Waals surface area contributed by atoms with Crippen molar-refractivity contribution in [1.29, 1.82) is 0 Å². The van der Waals surface area contributed by atoms with Gasteiger partial charge in [-0.3, -0.25) is 4.90 Å². The van der Waals surface area contributed by atoms with Crippen LogP contribution >= 0.6 is 15.9 Å². The van der Waals surface area contributed by atoms with Gasteiger partial charge in [0.25, 0.3) is 0 Å². The van der Waals surface area contributed by atoms with E-state index in [1.54, 1.807) is 6.07 Å². The quantitative estimate of drug-likeness (QED) is 0.844. The smallest absolute Gasteiger partial charge is 0.420 e. The van der Waals surface area contributed by atoms with E-state index in [1.165, 1.54) is 0 Å². The maximum Gasteiger partial charge on any atom is 0.420 e. The number of piperazine rings is 1. The summed E-state index contributed by atoms with van der Waals surface area (Å²) in [7, 11) is 0. The number of aromatic hydroxyl groups is 1. The van der Waals surface area contributed by atoms with E-state index in [0.717, 1.165) is 45.1 Å². The first kappa shape index (κ1) is 16.1. The molecule has 0 amide bonds. The Morgan fingerprint density at radius 2 is 1.86 bits per heavy atom. The molecule has 0 unspecified atom stereocenters. The first-order chi connectivity index (χ1) is 10.4. The van der Waals surface area contributed by atoms with Gasteiger partial charge in [0.1, 0.15) is 5.75 Å². The number of hydrogen-bond donors (Lipinski definition) is 2. The van der Waals surface area contributed by atoms with Gasteiger partial charge in [-0.1, -0.05) is 15.9 Å². The number of alkyl halides is 3. The Labute approximate surface area is 135 Å². The van der Waals surface area contributed by atoms with Crippen LogP contribution in [0.5, 0.6) is 5.75 Å². The summed E-state index contributed by atoms with van der Waals surface area (Å²) in [6.45, 7) is 3.22. The summed E-state index contributed by atoms with van der Waals surface area (Å²) < 4.78 is 39.7. The molecule has 2 N–H and O–H groups in total. The summed E-state index contributed by atoms with van der Waals surface area (Å²) in [6, 6.07) is 2.44. The third kappa shape index (κ3) is 3.26. The zero-order chi connectivity index (χ0) is 15.9. The second-order valence-corrected chi connectivity index (χ2v) is 6.87. The van der Waals surface area contributed by atoms with Gasteiger partial charge in [-0.05, 0) is 30.9 Å². The Morgan fingerprint density at radius 3 is 2.41 bits per heavy atom. The molecule has 7 heteroatoms. The molecule has 1 saturated carbocycles. The van der Waals surface area contributed by atoms with Crippen molar-refractivity contribution in [3.63, 3.8) is 0 Å². The summed E-state index contributed by atoms with van der Waals surface area (Å²) >= 11 is 3.16. The van der Waals surface area contributed by atoms with Crippen LogP contribution < -0.4 is 5.32 Å². The van der Waals surface area contributed by atoms with Gasteiger partial charge < -0.3 is 10.4 Å². The number of phenolic OH excluding ortho intramolecular Hbond substituents is 1. The van der Waals surface area contributed by atoms with Crippen molar-refractivity contribution >= 4 is 15.9 Å². The molecular weight excluding hydrogens is 361 g/mol. The summed E-state index contributed by atoms with van der Waals surface area (Å²) in [5, 5.41) is 13.5. The molecule has 3 rings (SSSR count). The second kappa shape index (κ2) is 6.02. The minimum atomic E-state index is -4.56. The molecule has 1 atom stereocenters. The molecule has 1 aromatic rings. The largest absolute Gasteiger partial charge is 0.507 e. The zero-order valence-corrected chi connectivity index (χ0v) is 13.5. The Hall–Kier alpha value is -0.790. The molecular formula is C15H18BrF3N2O. The molecule has 0 bridgehead atoms. The molecule has 3 nitrogen and oxygen atoms in total. The summed E-state index contributed by atoms with van der Waals surface area (Å²) in [4.78, 5) is 2.19. The average molecular weight is 379 g/mol. The Bertz CT molecular complexity index is 554. The van der Waals surface area contributed by atoms with Crippen molar-refractivity contribution in [3.8, 4) is 5.75 Å². The van der Waals surface area contributed by atoms with Gasteiger partial charge in [0.05, 0.1) is 5.56 Å². The van der Waals surface area contributed by atoms with Crippen molar-refractivity contribution in [1.82, 2.24) is 10.2 Å². The van der Waals surface area contributed by atoms with Crippen LogP contribution in [0.2, 0.25) is 0 Å². The monoisotopic (exact) mass is 378 g/mol. The average Bonchev–Trinajstić information content (AvgIpc) is 3.27. The van der Waals surface area contributed by atoms with Crippen LogP contribution in [0.3, 0.4) is 0 Å². The van der Waals surface area contributed by atoms with Crippen molar-refractivity contribution in [2.45, 2.75) is 25.1 Å². The van der Waals surface area contributed by atoms with E-state index in [1.807, 2.05) is 0 Å². The van der Waals surface area contributed by atoms with Crippen molar-refractivity contribution in [2.24, 2.45) is 5.92 Å². The first-order valence-electron chi connectivity index (χ1n) is 7.42. The van der Waals surface area contributed by atoms with Crippen LogP contribution in [-0.2, 0) is 6.18 Å². The molecule has 1 saturated heterocycles. The van der Waals surface area contributed by atoms with Crippen molar-refractivity contribution in [3.05, 3.63) is 27.7 Å². The number of phenols is 1. The molecule has 2 fully saturated rings. The summed E-state index contributed by atoms with van der Waals surface area (Å²) in [6.07, 6.45) is -2.55. The Morgan fingerprint density at radius 1 is 1.23 bits per heavy atom. The van der Waals surface area contributed by atoms with E-state index < -0.39 is 17.5 Å². The SMILES string of the molecule is Oc1c([C@H](C2CC2)N2CCNCC2)cc(Br)cc1C(F)(F)F. The molecule has 0 spiro atoms. The maximum atomic E-state index is 13.1. The number of nitrogens with one attached hydrogen (secondary N) is 1. The standard InChI is InChI=1S/C15H18BrF3N2O/c16-10-7-11(14(22)12(8-10)15(17,18)19)13(9-1-2-9)21-5-3-20-4-6-21/h7-9,13,20,22H,1-6H2/t13-/m0/s1. The highest BCUT2D eigenvalue weighted by molar-refractivity contribution is 9.10. The zero-order valence-electron chi connectivity index (χ0n) is 12.0. The fourth-order valence-electron chi connectivity index (χ4n) is 3.18. The third-order valence-corrected chi connectivity index (χ3v) is 4.80. The Balaban J connectivity index is 2.02. The number of hydrogen-bond acceptors (Lipinski definition) is 3. The van der Waals surface area contributed by atoms with E-state index >= 15 is 0 Å². The van der Waals surface area contributed by atoms with Crippen LogP contribution in [0.15, 0.2) is 16.6 Å². The topological polar surface area (TPSA) is 35.5 Å². The molecule has 2 aliphatic rings. The molecule has 22 heavy (non-hydrogen) atoms. The summed E-state index contributed by atoms with van der Waals surface area (Å²) in [5.41, 5.74) is -0.566. The number of nitrogens with zero attached hydrogens (tertiary/aromatic N) is 1. The Kier molecular flexibility index (Phi) is 4.40. The van der Waals surface area contributed by atoms with Crippen LogP contribution in [0.25, 0.3) is 0 Å². The van der Waals surface area contributed by atoms with Crippen LogP contribution in [-0.4, -0.2) is 36.2 Å². The fourth-order valence-corrected chi connectivity index (χ4v) is 3.66. The van der Waals surface area contributed by atoms with Crippen LogP contribution in [0.1, 0.15) is 30.0 Å². The fraction of sp³-hybridized carbons (Fsp3) is 0.600. The highest BCUT2D eigenvalue weighted by Crippen LogP contribution is 2.50. The molecule has 122 valence electrons. The predicted molar refractivity (Wildman–Crippen MR) is 80.7 cm³/mol. The lowest BCUT2D eigenvalue weighted by Gasteiger charge is -2.36. The summed E-state index contributed by atoms with van der Waals surface area (Å²) in [5.74, 6) is -0.287. The van der Waals surface area contributed by atoms with E-state index in [0.29, 0.717) is 16.0 Å². The van der Waals surface area contributed by atoms with Gasteiger partial charge in [0.15, 0.2) is 0 Å². The number of benzene rings is 1. The molecule has 1 aliphatic heterocycles. The first-order valence-corrected chi connectivity index (χ1v) is 8.21. The number of rotatable bonds is 3. The molecule has 1 heterocycles. The lowest BCUT2D eigenvalue weighted by molar-refractivity contribution is -0.138. The van der Waals surface area contributed by atoms with Gasteiger partial charge in [-0.2, -0.15) is 13.2 Å². The highest BCUT2D eigenvalue weighted by Gasteiger charge is 2.41. The maximum absolute atomic E-state index is 13.1. The van der Waals surface area contributed by atoms with Gasteiger partial charge in [0, 0.05) is 42.3 Å². The lowest BCUT2D eigenvalue weighted by Crippen LogP contribution is -2.45. The second-order valence-electron chi connectivity index (χ2n) is 5.96. The minimum Gasteiger partial charge on any atom is -0.507 e. The predicted octanol–water partition coefficient (Wildman–Crippen LogP) is 3.53. The molecule has 0 radical (unpaired) electrons. The van der Waals surface area contributed by atoms with Crippen LogP contribution in [0, 0.1) is 5.92 Å². The molecule has 1 aliphatic carbocycles. The van der Waals surface area contributed by atoms with Crippen LogP contribution in [0.4, 0.5) is 13.2 Å². The van der Waals surface area contributed by atoms with E-state index in [9.17, 15) is 18.3 Å². The van der Waals surface area contributed by atoms with Gasteiger partial charge in [-0.15, -0.1) is 0 Å². The highest BCUT2D eigenvalue weighted by atomic mass is 79.9. The van der Waals surface area contributed by atoms with Gasteiger partial charge in [0.2, 0.25) is 0 Å². The normalized spacial score (nSPS) is 21.8. The molecule has 1 aromatic carbocycles. The number of halogens is 4. The van der Waals surface area contributed by atoms with Crippen molar-refractivity contribution < 1.29 is 18.3 Å². The van der Waals surface area contributed by atoms with Crippen molar-refractivity contribution in [2.75, 3.05) is 26.2 Å². The lowest BCUT2D eigenvalue weighted by atomic mass is 9.96. The third-order valence-electron chi connectivity index (χ3n) is 4.34. The van der Waals surface area contributed by atoms with E-state index in [2.05, 4.69) is 26.1 Å². The van der Waals surface area contributed by atoms with Gasteiger partial charge in [-0.25, -0.2) is 0 Å².